The molecular weight excluding hydrogens is 336 g/mol. The SMILES string of the molecule is CCN(CC(O)CN(C=O)Cc1ccc(OC)cc1)C(=O)OC(C)(C)C. The average Bonchev–Trinajstić information content (AvgIpc) is 2.58. The van der Waals surface area contributed by atoms with E-state index in [0.29, 0.717) is 19.5 Å². The highest BCUT2D eigenvalue weighted by Gasteiger charge is 2.23. The Morgan fingerprint density at radius 1 is 1.23 bits per heavy atom. The molecule has 1 unspecified atom stereocenters. The van der Waals surface area contributed by atoms with Crippen LogP contribution in [0.1, 0.15) is 33.3 Å². The maximum absolute atomic E-state index is 12.1. The van der Waals surface area contributed by atoms with Crippen molar-refractivity contribution in [1.29, 1.82) is 0 Å². The fourth-order valence-electron chi connectivity index (χ4n) is 2.35. The summed E-state index contributed by atoms with van der Waals surface area (Å²) in [5, 5.41) is 10.3. The minimum atomic E-state index is -0.870. The Bertz CT molecular complexity index is 568. The van der Waals surface area contributed by atoms with Gasteiger partial charge in [-0.05, 0) is 45.4 Å². The van der Waals surface area contributed by atoms with E-state index in [1.54, 1.807) is 27.9 Å². The summed E-state index contributed by atoms with van der Waals surface area (Å²) in [6.07, 6.45) is -0.658. The van der Waals surface area contributed by atoms with Crippen LogP contribution in [0.5, 0.6) is 5.75 Å². The van der Waals surface area contributed by atoms with E-state index in [2.05, 4.69) is 0 Å². The van der Waals surface area contributed by atoms with Gasteiger partial charge < -0.3 is 24.4 Å². The van der Waals surface area contributed by atoms with Crippen LogP contribution in [0.2, 0.25) is 0 Å². The number of nitrogens with zero attached hydrogens (tertiary/aromatic N) is 2. The number of hydrogen-bond donors (Lipinski definition) is 1. The molecule has 0 radical (unpaired) electrons. The summed E-state index contributed by atoms with van der Waals surface area (Å²) in [6, 6.07) is 7.35. The van der Waals surface area contributed by atoms with Crippen molar-refractivity contribution >= 4 is 12.5 Å². The Labute approximate surface area is 155 Å². The number of methoxy groups -OCH3 is 1. The van der Waals surface area contributed by atoms with Gasteiger partial charge in [-0.2, -0.15) is 0 Å². The molecule has 0 bridgehead atoms. The van der Waals surface area contributed by atoms with E-state index in [4.69, 9.17) is 9.47 Å². The second kappa shape index (κ2) is 10.0. The van der Waals surface area contributed by atoms with Gasteiger partial charge in [-0.1, -0.05) is 12.1 Å². The summed E-state index contributed by atoms with van der Waals surface area (Å²) < 4.78 is 10.4. The van der Waals surface area contributed by atoms with Gasteiger partial charge in [0.1, 0.15) is 11.4 Å². The molecule has 0 aliphatic rings. The lowest BCUT2D eigenvalue weighted by atomic mass is 10.2. The maximum Gasteiger partial charge on any atom is 0.410 e. The van der Waals surface area contributed by atoms with Crippen LogP contribution in [0.3, 0.4) is 0 Å². The van der Waals surface area contributed by atoms with E-state index in [1.807, 2.05) is 31.2 Å². The predicted octanol–water partition coefficient (Wildman–Crippen LogP) is 2.27. The van der Waals surface area contributed by atoms with Crippen LogP contribution in [0.15, 0.2) is 24.3 Å². The smallest absolute Gasteiger partial charge is 0.410 e. The molecule has 0 saturated carbocycles. The first-order valence-electron chi connectivity index (χ1n) is 8.66. The van der Waals surface area contributed by atoms with Gasteiger partial charge >= 0.3 is 6.09 Å². The predicted molar refractivity (Wildman–Crippen MR) is 99.0 cm³/mol. The molecule has 0 spiro atoms. The zero-order valence-electron chi connectivity index (χ0n) is 16.3. The highest BCUT2D eigenvalue weighted by molar-refractivity contribution is 5.68. The third kappa shape index (κ3) is 7.74. The molecule has 0 aliphatic heterocycles. The molecule has 0 fully saturated rings. The van der Waals surface area contributed by atoms with Crippen molar-refractivity contribution in [3.63, 3.8) is 0 Å². The molecule has 0 aliphatic carbocycles. The van der Waals surface area contributed by atoms with Crippen molar-refractivity contribution < 1.29 is 24.2 Å². The fraction of sp³-hybridized carbons (Fsp3) is 0.579. The van der Waals surface area contributed by atoms with Crippen molar-refractivity contribution in [1.82, 2.24) is 9.80 Å². The number of aliphatic hydroxyl groups is 1. The van der Waals surface area contributed by atoms with Crippen LogP contribution in [0, 0.1) is 0 Å². The molecule has 0 aromatic heterocycles. The minimum absolute atomic E-state index is 0.0956. The van der Waals surface area contributed by atoms with Gasteiger partial charge in [0.2, 0.25) is 6.41 Å². The Balaban J connectivity index is 2.59. The highest BCUT2D eigenvalue weighted by Crippen LogP contribution is 2.13. The monoisotopic (exact) mass is 366 g/mol. The Hall–Kier alpha value is -2.28. The number of benzene rings is 1. The molecule has 1 aromatic carbocycles. The number of aliphatic hydroxyl groups excluding tert-OH is 1. The highest BCUT2D eigenvalue weighted by atomic mass is 16.6. The Kier molecular flexibility index (Phi) is 8.38. The number of ether oxygens (including phenoxy) is 2. The summed E-state index contributed by atoms with van der Waals surface area (Å²) in [7, 11) is 1.59. The van der Waals surface area contributed by atoms with Crippen LogP contribution in [0.25, 0.3) is 0 Å². The van der Waals surface area contributed by atoms with Crippen LogP contribution in [-0.2, 0) is 16.1 Å². The first-order chi connectivity index (χ1) is 12.2. The second-order valence-corrected chi connectivity index (χ2v) is 7.06. The van der Waals surface area contributed by atoms with E-state index >= 15 is 0 Å². The van der Waals surface area contributed by atoms with Gasteiger partial charge in [-0.25, -0.2) is 4.79 Å². The molecule has 26 heavy (non-hydrogen) atoms. The van der Waals surface area contributed by atoms with E-state index in [9.17, 15) is 14.7 Å². The van der Waals surface area contributed by atoms with E-state index in [0.717, 1.165) is 11.3 Å². The quantitative estimate of drug-likeness (QED) is 0.678. The number of carbonyl (C=O) groups excluding carboxylic acids is 2. The molecule has 7 heteroatoms. The summed E-state index contributed by atoms with van der Waals surface area (Å²) >= 11 is 0. The third-order valence-corrected chi connectivity index (χ3v) is 3.60. The van der Waals surface area contributed by atoms with Crippen molar-refractivity contribution in [3.8, 4) is 5.75 Å². The molecular formula is C19H30N2O5. The van der Waals surface area contributed by atoms with Gasteiger partial charge in [0.25, 0.3) is 0 Å². The van der Waals surface area contributed by atoms with Gasteiger partial charge in [-0.15, -0.1) is 0 Å². The molecule has 7 nitrogen and oxygen atoms in total. The van der Waals surface area contributed by atoms with Gasteiger partial charge in [-0.3, -0.25) is 4.79 Å². The number of rotatable bonds is 9. The van der Waals surface area contributed by atoms with E-state index in [1.165, 1.54) is 9.80 Å². The summed E-state index contributed by atoms with van der Waals surface area (Å²) in [4.78, 5) is 26.4. The number of likely N-dealkylation sites (N-methyl/N-ethyl adjacent to an activating group) is 1. The van der Waals surface area contributed by atoms with Crippen molar-refractivity contribution in [2.24, 2.45) is 0 Å². The van der Waals surface area contributed by atoms with Crippen LogP contribution in [0.4, 0.5) is 4.79 Å². The normalized spacial score (nSPS) is 12.2. The molecule has 0 saturated heterocycles. The molecule has 2 amide bonds. The minimum Gasteiger partial charge on any atom is -0.497 e. The average molecular weight is 366 g/mol. The largest absolute Gasteiger partial charge is 0.497 e. The Morgan fingerprint density at radius 2 is 1.85 bits per heavy atom. The molecule has 1 aromatic rings. The number of hydrogen-bond acceptors (Lipinski definition) is 5. The molecule has 1 atom stereocenters. The van der Waals surface area contributed by atoms with Gasteiger partial charge in [0, 0.05) is 19.6 Å². The lowest BCUT2D eigenvalue weighted by molar-refractivity contribution is -0.120. The zero-order valence-corrected chi connectivity index (χ0v) is 16.3. The molecule has 0 heterocycles. The van der Waals surface area contributed by atoms with Crippen molar-refractivity contribution in [3.05, 3.63) is 29.8 Å². The maximum atomic E-state index is 12.1. The standard InChI is InChI=1S/C19H30N2O5/c1-6-21(18(24)26-19(2,3)4)13-16(23)12-20(14-22)11-15-7-9-17(25-5)10-8-15/h7-10,14,16,23H,6,11-13H2,1-5H3. The Morgan fingerprint density at radius 3 is 2.31 bits per heavy atom. The van der Waals surface area contributed by atoms with Crippen molar-refractivity contribution in [2.45, 2.75) is 45.9 Å². The number of carbonyl (C=O) groups is 2. The summed E-state index contributed by atoms with van der Waals surface area (Å²) in [5.41, 5.74) is 0.322. The summed E-state index contributed by atoms with van der Waals surface area (Å²) in [6.45, 7) is 8.17. The molecule has 1 rings (SSSR count). The van der Waals surface area contributed by atoms with Crippen LogP contribution < -0.4 is 4.74 Å². The van der Waals surface area contributed by atoms with Gasteiger partial charge in [0.15, 0.2) is 0 Å². The topological polar surface area (TPSA) is 79.3 Å². The lowest BCUT2D eigenvalue weighted by Crippen LogP contribution is -2.44. The second-order valence-electron chi connectivity index (χ2n) is 7.06. The summed E-state index contributed by atoms with van der Waals surface area (Å²) in [5.74, 6) is 0.738. The first kappa shape index (κ1) is 21.8. The van der Waals surface area contributed by atoms with E-state index in [-0.39, 0.29) is 13.1 Å². The fourth-order valence-corrected chi connectivity index (χ4v) is 2.35. The first-order valence-corrected chi connectivity index (χ1v) is 8.66. The lowest BCUT2D eigenvalue weighted by Gasteiger charge is -2.29. The van der Waals surface area contributed by atoms with Crippen molar-refractivity contribution in [2.75, 3.05) is 26.7 Å². The number of amides is 2. The van der Waals surface area contributed by atoms with Gasteiger partial charge in [0.05, 0.1) is 19.8 Å². The van der Waals surface area contributed by atoms with Crippen LogP contribution >= 0.6 is 0 Å². The molecule has 146 valence electrons. The molecule has 1 N–H and O–H groups in total. The van der Waals surface area contributed by atoms with Crippen LogP contribution in [-0.4, -0.2) is 65.9 Å². The third-order valence-electron chi connectivity index (χ3n) is 3.60. The zero-order chi connectivity index (χ0) is 19.7. The van der Waals surface area contributed by atoms with E-state index < -0.39 is 17.8 Å².